The van der Waals surface area contributed by atoms with Crippen LogP contribution in [0.4, 0.5) is 5.69 Å². The van der Waals surface area contributed by atoms with E-state index >= 15 is 0 Å². The Hall–Kier alpha value is -1.93. The van der Waals surface area contributed by atoms with Crippen LogP contribution in [0.5, 0.6) is 0 Å². The van der Waals surface area contributed by atoms with Gasteiger partial charge in [-0.1, -0.05) is 82.4 Å². The zero-order chi connectivity index (χ0) is 25.1. The van der Waals surface area contributed by atoms with E-state index in [0.717, 1.165) is 48.4 Å². The van der Waals surface area contributed by atoms with E-state index in [2.05, 4.69) is 44.3 Å². The molecule has 5 nitrogen and oxygen atoms in total. The van der Waals surface area contributed by atoms with Crippen molar-refractivity contribution < 1.29 is 0 Å². The van der Waals surface area contributed by atoms with E-state index in [1.54, 1.807) is 23.9 Å². The second kappa shape index (κ2) is 11.6. The van der Waals surface area contributed by atoms with Gasteiger partial charge in [0.05, 0.1) is 17.3 Å². The molecule has 2 heterocycles. The number of thioether (sulfide) groups is 1. The molecule has 5 rings (SSSR count). The highest BCUT2D eigenvalue weighted by molar-refractivity contribution is 7.98. The molecule has 1 aliphatic rings. The average molecular weight is 579 g/mol. The molecule has 0 amide bonds. The highest BCUT2D eigenvalue weighted by atomic mass is 35.5. The molecule has 0 spiro atoms. The Kier molecular flexibility index (Phi) is 8.31. The molecule has 3 aromatic carbocycles. The van der Waals surface area contributed by atoms with Gasteiger partial charge in [0.1, 0.15) is 0 Å². The number of anilines is 1. The monoisotopic (exact) mass is 577 g/mol. The van der Waals surface area contributed by atoms with Crippen LogP contribution >= 0.6 is 58.2 Å². The molecule has 0 unspecified atom stereocenters. The molecule has 0 radical (unpaired) electrons. The molecule has 1 aromatic heterocycles. The standard InChI is InChI=1S/C26H23Cl4N5S/c27-19-7-6-18(22(29)14-19)17-36-26-32-31-25(35(26)24-9-8-20(28)15-23(24)30)16-33-10-12-34(13-11-33)21-4-2-1-3-5-21/h1-9,14-15H,10-13,16-17H2. The highest BCUT2D eigenvalue weighted by Gasteiger charge is 2.23. The van der Waals surface area contributed by atoms with Crippen LogP contribution in [-0.2, 0) is 12.3 Å². The summed E-state index contributed by atoms with van der Waals surface area (Å²) in [6.45, 7) is 4.43. The molecule has 0 bridgehead atoms. The molecule has 36 heavy (non-hydrogen) atoms. The summed E-state index contributed by atoms with van der Waals surface area (Å²) in [7, 11) is 0. The highest BCUT2D eigenvalue weighted by Crippen LogP contribution is 2.33. The number of halogens is 4. The van der Waals surface area contributed by atoms with Crippen molar-refractivity contribution in [3.05, 3.63) is 98.2 Å². The molecule has 1 fully saturated rings. The van der Waals surface area contributed by atoms with Crippen molar-refractivity contribution in [2.24, 2.45) is 0 Å². The van der Waals surface area contributed by atoms with Crippen LogP contribution in [0.25, 0.3) is 5.69 Å². The second-order valence-electron chi connectivity index (χ2n) is 8.45. The summed E-state index contributed by atoms with van der Waals surface area (Å²) < 4.78 is 2.02. The van der Waals surface area contributed by atoms with Gasteiger partial charge >= 0.3 is 0 Å². The number of hydrogen-bond donors (Lipinski definition) is 0. The fraction of sp³-hybridized carbons (Fsp3) is 0.231. The smallest absolute Gasteiger partial charge is 0.196 e. The number of nitrogens with zero attached hydrogens (tertiary/aromatic N) is 5. The van der Waals surface area contributed by atoms with Gasteiger partial charge in [0.15, 0.2) is 11.0 Å². The van der Waals surface area contributed by atoms with Gasteiger partial charge < -0.3 is 4.90 Å². The number of rotatable bonds is 7. The number of hydrogen-bond acceptors (Lipinski definition) is 5. The summed E-state index contributed by atoms with van der Waals surface area (Å²) in [5.41, 5.74) is 3.03. The van der Waals surface area contributed by atoms with E-state index in [1.165, 1.54) is 5.69 Å². The summed E-state index contributed by atoms with van der Waals surface area (Å²) in [4.78, 5) is 4.81. The lowest BCUT2D eigenvalue weighted by atomic mass is 10.2. The van der Waals surface area contributed by atoms with Crippen molar-refractivity contribution in [1.82, 2.24) is 19.7 Å². The Bertz CT molecular complexity index is 1340. The first-order valence-corrected chi connectivity index (χ1v) is 14.0. The maximum Gasteiger partial charge on any atom is 0.196 e. The number of piperazine rings is 1. The molecular formula is C26H23Cl4N5S. The third-order valence-corrected chi connectivity index (χ3v) is 8.18. The van der Waals surface area contributed by atoms with Gasteiger partial charge in [0.25, 0.3) is 0 Å². The fourth-order valence-corrected chi connectivity index (χ4v) is 6.20. The Morgan fingerprint density at radius 1 is 0.750 bits per heavy atom. The van der Waals surface area contributed by atoms with Crippen LogP contribution in [-0.4, -0.2) is 45.8 Å². The number of benzene rings is 3. The first-order valence-electron chi connectivity index (χ1n) is 11.5. The normalized spacial score (nSPS) is 14.4. The van der Waals surface area contributed by atoms with E-state index in [1.807, 2.05) is 34.9 Å². The largest absolute Gasteiger partial charge is 0.369 e. The maximum absolute atomic E-state index is 6.63. The maximum atomic E-state index is 6.63. The Labute approximate surface area is 234 Å². The van der Waals surface area contributed by atoms with Crippen LogP contribution < -0.4 is 4.90 Å². The van der Waals surface area contributed by atoms with E-state index in [9.17, 15) is 0 Å². The zero-order valence-electron chi connectivity index (χ0n) is 19.2. The van der Waals surface area contributed by atoms with Crippen LogP contribution in [0.3, 0.4) is 0 Å². The molecule has 0 aliphatic carbocycles. The second-order valence-corrected chi connectivity index (χ2v) is 11.1. The van der Waals surface area contributed by atoms with Gasteiger partial charge in [-0.3, -0.25) is 9.47 Å². The summed E-state index contributed by atoms with van der Waals surface area (Å²) >= 11 is 26.8. The first kappa shape index (κ1) is 25.7. The van der Waals surface area contributed by atoms with Crippen molar-refractivity contribution in [3.63, 3.8) is 0 Å². The third kappa shape index (κ3) is 5.96. The first-order chi connectivity index (χ1) is 17.5. The van der Waals surface area contributed by atoms with Gasteiger partial charge in [-0.25, -0.2) is 0 Å². The number of aromatic nitrogens is 3. The van der Waals surface area contributed by atoms with Crippen molar-refractivity contribution in [2.75, 3.05) is 31.1 Å². The summed E-state index contributed by atoms with van der Waals surface area (Å²) in [5.74, 6) is 1.45. The Balaban J connectivity index is 1.37. The van der Waals surface area contributed by atoms with Crippen LogP contribution in [0, 0.1) is 0 Å². The van der Waals surface area contributed by atoms with E-state index in [-0.39, 0.29) is 0 Å². The van der Waals surface area contributed by atoms with Gasteiger partial charge in [-0.05, 0) is 48.0 Å². The topological polar surface area (TPSA) is 37.2 Å². The molecule has 0 atom stereocenters. The minimum absolute atomic E-state index is 0.545. The van der Waals surface area contributed by atoms with Gasteiger partial charge in [-0.15, -0.1) is 10.2 Å². The van der Waals surface area contributed by atoms with E-state index in [4.69, 9.17) is 46.4 Å². The Morgan fingerprint density at radius 2 is 1.44 bits per heavy atom. The molecule has 1 saturated heterocycles. The zero-order valence-corrected chi connectivity index (χ0v) is 23.1. The summed E-state index contributed by atoms with van der Waals surface area (Å²) in [6, 6.07) is 21.5. The fourth-order valence-electron chi connectivity index (χ4n) is 4.18. The molecule has 0 N–H and O–H groups in total. The minimum atomic E-state index is 0.545. The predicted octanol–water partition coefficient (Wildman–Crippen LogP) is 7.50. The van der Waals surface area contributed by atoms with Crippen molar-refractivity contribution in [1.29, 1.82) is 0 Å². The molecule has 186 valence electrons. The lowest BCUT2D eigenvalue weighted by Crippen LogP contribution is -2.46. The average Bonchev–Trinajstić information content (AvgIpc) is 3.26. The SMILES string of the molecule is Clc1ccc(CSc2nnc(CN3CCN(c4ccccc4)CC3)n2-c2ccc(Cl)cc2Cl)c(Cl)c1. The predicted molar refractivity (Wildman–Crippen MR) is 151 cm³/mol. The third-order valence-electron chi connectivity index (χ3n) is 6.08. The Morgan fingerprint density at radius 3 is 2.14 bits per heavy atom. The lowest BCUT2D eigenvalue weighted by Gasteiger charge is -2.35. The van der Waals surface area contributed by atoms with Crippen LogP contribution in [0.1, 0.15) is 11.4 Å². The molecule has 1 aliphatic heterocycles. The van der Waals surface area contributed by atoms with Gasteiger partial charge in [0, 0.05) is 52.7 Å². The molecular weight excluding hydrogens is 556 g/mol. The van der Waals surface area contributed by atoms with Crippen molar-refractivity contribution in [3.8, 4) is 5.69 Å². The van der Waals surface area contributed by atoms with E-state index < -0.39 is 0 Å². The van der Waals surface area contributed by atoms with Crippen LogP contribution in [0.2, 0.25) is 20.1 Å². The lowest BCUT2D eigenvalue weighted by molar-refractivity contribution is 0.242. The summed E-state index contributed by atoms with van der Waals surface area (Å²) in [5, 5.41) is 12.2. The van der Waals surface area contributed by atoms with Crippen molar-refractivity contribution in [2.45, 2.75) is 17.5 Å². The van der Waals surface area contributed by atoms with Gasteiger partial charge in [0.2, 0.25) is 0 Å². The molecule has 0 saturated carbocycles. The molecule has 10 heteroatoms. The minimum Gasteiger partial charge on any atom is -0.369 e. The van der Waals surface area contributed by atoms with E-state index in [0.29, 0.717) is 32.4 Å². The van der Waals surface area contributed by atoms with Crippen molar-refractivity contribution >= 4 is 63.9 Å². The summed E-state index contributed by atoms with van der Waals surface area (Å²) in [6.07, 6.45) is 0. The quantitative estimate of drug-likeness (QED) is 0.212. The van der Waals surface area contributed by atoms with Gasteiger partial charge in [-0.2, -0.15) is 0 Å². The molecule has 4 aromatic rings. The van der Waals surface area contributed by atoms with Crippen LogP contribution in [0.15, 0.2) is 71.9 Å². The number of para-hydroxylation sites is 1.